The molecule has 0 spiro atoms. The van der Waals surface area contributed by atoms with Gasteiger partial charge in [0.25, 0.3) is 5.56 Å². The number of morpholine rings is 1. The van der Waals surface area contributed by atoms with Crippen LogP contribution in [0, 0.1) is 0 Å². The van der Waals surface area contributed by atoms with Crippen LogP contribution < -0.4 is 10.9 Å². The Balaban J connectivity index is 1.74. The molecule has 1 fully saturated rings. The van der Waals surface area contributed by atoms with Crippen molar-refractivity contribution >= 4 is 11.7 Å². The molecule has 6 nitrogen and oxygen atoms in total. The molecule has 0 unspecified atom stereocenters. The maximum absolute atomic E-state index is 13.2. The quantitative estimate of drug-likeness (QED) is 0.925. The summed E-state index contributed by atoms with van der Waals surface area (Å²) in [6.45, 7) is -0.719. The minimum Gasteiger partial charge on any atom is -0.317 e. The Kier molecular flexibility index (Phi) is 4.80. The van der Waals surface area contributed by atoms with Gasteiger partial charge in [-0.2, -0.15) is 8.78 Å². The Labute approximate surface area is 142 Å². The van der Waals surface area contributed by atoms with Gasteiger partial charge in [0.05, 0.1) is 13.2 Å². The lowest BCUT2D eigenvalue weighted by Gasteiger charge is -2.32. The molecular formula is C17H17F2N3O3. The van der Waals surface area contributed by atoms with E-state index in [1.165, 1.54) is 10.6 Å². The third-order valence-corrected chi connectivity index (χ3v) is 3.79. The number of rotatable bonds is 3. The second kappa shape index (κ2) is 7.02. The van der Waals surface area contributed by atoms with E-state index in [0.29, 0.717) is 6.54 Å². The van der Waals surface area contributed by atoms with E-state index in [9.17, 15) is 18.4 Å². The first-order valence-electron chi connectivity index (χ1n) is 7.76. The van der Waals surface area contributed by atoms with Crippen LogP contribution in [0.25, 0.3) is 0 Å². The van der Waals surface area contributed by atoms with E-state index in [1.54, 1.807) is 12.3 Å². The van der Waals surface area contributed by atoms with Gasteiger partial charge in [0.1, 0.15) is 12.2 Å². The van der Waals surface area contributed by atoms with Crippen molar-refractivity contribution in [3.63, 3.8) is 0 Å². The Morgan fingerprint density at radius 1 is 1.20 bits per heavy atom. The number of aromatic nitrogens is 1. The molecule has 1 aliphatic heterocycles. The zero-order valence-corrected chi connectivity index (χ0v) is 13.3. The van der Waals surface area contributed by atoms with Crippen LogP contribution in [-0.4, -0.2) is 41.3 Å². The van der Waals surface area contributed by atoms with Crippen LogP contribution in [0.3, 0.4) is 0 Å². The Hall–Kier alpha value is -2.74. The van der Waals surface area contributed by atoms with Gasteiger partial charge in [0.2, 0.25) is 0 Å². The van der Waals surface area contributed by atoms with E-state index in [1.807, 2.05) is 30.3 Å². The zero-order valence-electron chi connectivity index (χ0n) is 13.3. The molecular weight excluding hydrogens is 332 g/mol. The van der Waals surface area contributed by atoms with Gasteiger partial charge >= 0.3 is 12.1 Å². The fourth-order valence-electron chi connectivity index (χ4n) is 2.56. The van der Waals surface area contributed by atoms with Crippen molar-refractivity contribution in [1.82, 2.24) is 9.47 Å². The van der Waals surface area contributed by atoms with Crippen molar-refractivity contribution in [3.05, 3.63) is 64.6 Å². The number of carbonyl (C=O) groups is 1. The summed E-state index contributed by atoms with van der Waals surface area (Å²) < 4.78 is 32.2. The predicted octanol–water partition coefficient (Wildman–Crippen LogP) is 2.35. The maximum atomic E-state index is 13.2. The third kappa shape index (κ3) is 4.21. The standard InChI is InChI=1S/C17H17F2N3O3/c18-17(19)12-22(9-10-25-17)16(24)20-14-7-4-8-21(15(14)23)11-13-5-2-1-3-6-13/h1-8H,9-12H2,(H,20,24). The highest BCUT2D eigenvalue weighted by molar-refractivity contribution is 5.89. The van der Waals surface area contributed by atoms with Crippen LogP contribution in [0.15, 0.2) is 53.5 Å². The fourth-order valence-corrected chi connectivity index (χ4v) is 2.56. The van der Waals surface area contributed by atoms with E-state index < -0.39 is 24.2 Å². The second-order valence-electron chi connectivity index (χ2n) is 5.68. The first-order chi connectivity index (χ1) is 11.9. The summed E-state index contributed by atoms with van der Waals surface area (Å²) in [6.07, 6.45) is -1.77. The molecule has 25 heavy (non-hydrogen) atoms. The maximum Gasteiger partial charge on any atom is 0.373 e. The number of benzene rings is 1. The molecule has 2 heterocycles. The Morgan fingerprint density at radius 2 is 1.96 bits per heavy atom. The van der Waals surface area contributed by atoms with Gasteiger partial charge < -0.3 is 19.5 Å². The molecule has 132 valence electrons. The number of nitrogens with one attached hydrogen (secondary N) is 1. The molecule has 0 aliphatic carbocycles. The molecule has 0 radical (unpaired) electrons. The number of amides is 2. The number of ether oxygens (including phenoxy) is 1. The number of nitrogens with zero attached hydrogens (tertiary/aromatic N) is 2. The largest absolute Gasteiger partial charge is 0.373 e. The molecule has 1 aromatic heterocycles. The molecule has 0 saturated carbocycles. The first-order valence-corrected chi connectivity index (χ1v) is 7.76. The normalized spacial score (nSPS) is 16.5. The molecule has 0 atom stereocenters. The summed E-state index contributed by atoms with van der Waals surface area (Å²) in [5.41, 5.74) is 0.568. The third-order valence-electron chi connectivity index (χ3n) is 3.79. The summed E-state index contributed by atoms with van der Waals surface area (Å²) in [7, 11) is 0. The molecule has 0 bridgehead atoms. The molecule has 1 aliphatic rings. The lowest BCUT2D eigenvalue weighted by Crippen LogP contribution is -2.51. The molecule has 2 aromatic rings. The van der Waals surface area contributed by atoms with Crippen LogP contribution in [0.1, 0.15) is 5.56 Å². The van der Waals surface area contributed by atoms with Gasteiger partial charge in [0.15, 0.2) is 0 Å². The number of urea groups is 1. The minimum absolute atomic E-state index is 0.0342. The number of hydrogen-bond acceptors (Lipinski definition) is 3. The van der Waals surface area contributed by atoms with E-state index in [0.717, 1.165) is 10.5 Å². The average molecular weight is 349 g/mol. The molecule has 1 aromatic carbocycles. The van der Waals surface area contributed by atoms with Crippen LogP contribution in [0.4, 0.5) is 19.3 Å². The van der Waals surface area contributed by atoms with Crippen molar-refractivity contribution in [3.8, 4) is 0 Å². The highest BCUT2D eigenvalue weighted by Crippen LogP contribution is 2.21. The van der Waals surface area contributed by atoms with Crippen LogP contribution in [0.5, 0.6) is 0 Å². The molecule has 1 saturated heterocycles. The van der Waals surface area contributed by atoms with E-state index >= 15 is 0 Å². The minimum atomic E-state index is -3.38. The summed E-state index contributed by atoms with van der Waals surface area (Å²) >= 11 is 0. The predicted molar refractivity (Wildman–Crippen MR) is 87.7 cm³/mol. The van der Waals surface area contributed by atoms with Crippen LogP contribution >= 0.6 is 0 Å². The summed E-state index contributed by atoms with van der Waals surface area (Å²) in [6, 6.07) is 11.7. The van der Waals surface area contributed by atoms with Gasteiger partial charge in [0, 0.05) is 12.7 Å². The highest BCUT2D eigenvalue weighted by Gasteiger charge is 2.38. The number of alkyl halides is 2. The van der Waals surface area contributed by atoms with Crippen molar-refractivity contribution in [2.24, 2.45) is 0 Å². The number of hydrogen-bond donors (Lipinski definition) is 1. The van der Waals surface area contributed by atoms with Gasteiger partial charge in [-0.25, -0.2) is 4.79 Å². The lowest BCUT2D eigenvalue weighted by molar-refractivity contribution is -0.263. The average Bonchev–Trinajstić information content (AvgIpc) is 2.58. The second-order valence-corrected chi connectivity index (χ2v) is 5.68. The van der Waals surface area contributed by atoms with E-state index in [4.69, 9.17) is 0 Å². The molecule has 1 N–H and O–H groups in total. The van der Waals surface area contributed by atoms with Gasteiger partial charge in [-0.1, -0.05) is 30.3 Å². The smallest absolute Gasteiger partial charge is 0.317 e. The first kappa shape index (κ1) is 17.1. The fraction of sp³-hybridized carbons (Fsp3) is 0.294. The summed E-state index contributed by atoms with van der Waals surface area (Å²) in [4.78, 5) is 25.6. The van der Waals surface area contributed by atoms with Gasteiger partial charge in [-0.05, 0) is 17.7 Å². The van der Waals surface area contributed by atoms with Crippen LogP contribution in [-0.2, 0) is 11.3 Å². The SMILES string of the molecule is O=C(Nc1cccn(Cc2ccccc2)c1=O)N1CCOC(F)(F)C1. The van der Waals surface area contributed by atoms with Crippen LogP contribution in [0.2, 0.25) is 0 Å². The zero-order chi connectivity index (χ0) is 17.9. The highest BCUT2D eigenvalue weighted by atomic mass is 19.3. The summed E-state index contributed by atoms with van der Waals surface area (Å²) in [5, 5.41) is 2.41. The Morgan fingerprint density at radius 3 is 2.68 bits per heavy atom. The van der Waals surface area contributed by atoms with Crippen molar-refractivity contribution in [2.45, 2.75) is 12.7 Å². The molecule has 8 heteroatoms. The number of halogens is 2. The Bertz CT molecular complexity index is 808. The number of carbonyl (C=O) groups excluding carboxylic acids is 1. The van der Waals surface area contributed by atoms with Gasteiger partial charge in [-0.15, -0.1) is 0 Å². The monoisotopic (exact) mass is 349 g/mol. The topological polar surface area (TPSA) is 63.6 Å². The van der Waals surface area contributed by atoms with Gasteiger partial charge in [-0.3, -0.25) is 4.79 Å². The number of pyridine rings is 1. The molecule has 2 amide bonds. The molecule has 3 rings (SSSR count). The summed E-state index contributed by atoms with van der Waals surface area (Å²) in [5.74, 6) is 0. The van der Waals surface area contributed by atoms with Crippen molar-refractivity contribution in [1.29, 1.82) is 0 Å². The van der Waals surface area contributed by atoms with E-state index in [2.05, 4.69) is 10.1 Å². The lowest BCUT2D eigenvalue weighted by atomic mass is 10.2. The number of anilines is 1. The van der Waals surface area contributed by atoms with Crippen molar-refractivity contribution in [2.75, 3.05) is 25.0 Å². The van der Waals surface area contributed by atoms with Crippen molar-refractivity contribution < 1.29 is 18.3 Å². The van der Waals surface area contributed by atoms with E-state index in [-0.39, 0.29) is 18.8 Å².